The number of rotatable bonds is 2. The normalized spacial score (nSPS) is 22.6. The molecular weight excluding hydrogens is 202 g/mol. The number of aliphatic hydroxyl groups excluding tert-OH is 1. The van der Waals surface area contributed by atoms with Gasteiger partial charge in [-0.1, -0.05) is 0 Å². The molecule has 0 amide bonds. The van der Waals surface area contributed by atoms with Crippen molar-refractivity contribution in [2.24, 2.45) is 7.05 Å². The topological polar surface area (TPSA) is 41.3 Å². The summed E-state index contributed by atoms with van der Waals surface area (Å²) in [6.45, 7) is 6.97. The van der Waals surface area contributed by atoms with E-state index in [-0.39, 0.29) is 6.10 Å². The number of hydrogen-bond donors (Lipinski definition) is 1. The van der Waals surface area contributed by atoms with Crippen LogP contribution < -0.4 is 0 Å². The van der Waals surface area contributed by atoms with E-state index in [1.165, 1.54) is 11.3 Å². The molecule has 2 rings (SSSR count). The van der Waals surface area contributed by atoms with Crippen molar-refractivity contribution in [2.75, 3.05) is 13.1 Å². The van der Waals surface area contributed by atoms with Gasteiger partial charge in [0.25, 0.3) is 0 Å². The maximum absolute atomic E-state index is 9.64. The Morgan fingerprint density at radius 1 is 1.44 bits per heavy atom. The SMILES string of the molecule is Cc1nn(C)c(C)c1CN1CCC[C@@H](O)C1. The summed E-state index contributed by atoms with van der Waals surface area (Å²) in [7, 11) is 1.98. The van der Waals surface area contributed by atoms with Crippen LogP contribution >= 0.6 is 0 Å². The summed E-state index contributed by atoms with van der Waals surface area (Å²) in [5.74, 6) is 0. The highest BCUT2D eigenvalue weighted by Crippen LogP contribution is 2.18. The molecule has 90 valence electrons. The highest BCUT2D eigenvalue weighted by atomic mass is 16.3. The number of nitrogens with zero attached hydrogens (tertiary/aromatic N) is 3. The summed E-state index contributed by atoms with van der Waals surface area (Å²) in [5, 5.41) is 14.1. The Morgan fingerprint density at radius 3 is 2.75 bits per heavy atom. The van der Waals surface area contributed by atoms with E-state index in [1.54, 1.807) is 0 Å². The van der Waals surface area contributed by atoms with Gasteiger partial charge < -0.3 is 5.11 Å². The second kappa shape index (κ2) is 4.55. The molecule has 0 spiro atoms. The first kappa shape index (κ1) is 11.6. The molecule has 1 atom stereocenters. The van der Waals surface area contributed by atoms with Crippen LogP contribution in [0.1, 0.15) is 29.8 Å². The minimum Gasteiger partial charge on any atom is -0.392 e. The summed E-state index contributed by atoms with van der Waals surface area (Å²) >= 11 is 0. The largest absolute Gasteiger partial charge is 0.392 e. The van der Waals surface area contributed by atoms with Crippen molar-refractivity contribution < 1.29 is 5.11 Å². The average Bonchev–Trinajstić information content (AvgIpc) is 2.45. The summed E-state index contributed by atoms with van der Waals surface area (Å²) in [6, 6.07) is 0. The van der Waals surface area contributed by atoms with Gasteiger partial charge in [-0.2, -0.15) is 5.10 Å². The molecule has 1 aromatic rings. The second-order valence-corrected chi connectivity index (χ2v) is 4.80. The highest BCUT2D eigenvalue weighted by molar-refractivity contribution is 5.24. The Hall–Kier alpha value is -0.870. The van der Waals surface area contributed by atoms with E-state index in [9.17, 15) is 5.11 Å². The lowest BCUT2D eigenvalue weighted by Gasteiger charge is -2.30. The van der Waals surface area contributed by atoms with Gasteiger partial charge in [0.15, 0.2) is 0 Å². The van der Waals surface area contributed by atoms with Crippen LogP contribution in [0.25, 0.3) is 0 Å². The average molecular weight is 223 g/mol. The van der Waals surface area contributed by atoms with Crippen molar-refractivity contribution in [3.05, 3.63) is 17.0 Å². The van der Waals surface area contributed by atoms with E-state index in [0.717, 1.165) is 38.2 Å². The Morgan fingerprint density at radius 2 is 2.19 bits per heavy atom. The fraction of sp³-hybridized carbons (Fsp3) is 0.750. The summed E-state index contributed by atoms with van der Waals surface area (Å²) in [6.07, 6.45) is 1.90. The molecule has 0 aliphatic carbocycles. The molecule has 0 aromatic carbocycles. The van der Waals surface area contributed by atoms with Gasteiger partial charge in [-0.15, -0.1) is 0 Å². The molecule has 0 bridgehead atoms. The lowest BCUT2D eigenvalue weighted by Crippen LogP contribution is -2.37. The number of likely N-dealkylation sites (tertiary alicyclic amines) is 1. The summed E-state index contributed by atoms with van der Waals surface area (Å²) in [4.78, 5) is 2.32. The molecule has 1 aliphatic rings. The standard InChI is InChI=1S/C12H21N3O/c1-9-12(10(2)14(3)13-9)8-15-6-4-5-11(16)7-15/h11,16H,4-8H2,1-3H3/t11-/m1/s1. The van der Waals surface area contributed by atoms with Gasteiger partial charge in [-0.05, 0) is 33.2 Å². The van der Waals surface area contributed by atoms with Gasteiger partial charge in [0.1, 0.15) is 0 Å². The lowest BCUT2D eigenvalue weighted by molar-refractivity contribution is 0.0666. The van der Waals surface area contributed by atoms with Crippen LogP contribution in [-0.2, 0) is 13.6 Å². The van der Waals surface area contributed by atoms with Gasteiger partial charge in [-0.3, -0.25) is 9.58 Å². The van der Waals surface area contributed by atoms with Crippen molar-refractivity contribution in [1.82, 2.24) is 14.7 Å². The van der Waals surface area contributed by atoms with Crippen molar-refractivity contribution in [3.63, 3.8) is 0 Å². The predicted octanol–water partition coefficient (Wildman–Crippen LogP) is 0.994. The first-order valence-corrected chi connectivity index (χ1v) is 5.97. The Bertz CT molecular complexity index is 373. The first-order valence-electron chi connectivity index (χ1n) is 5.97. The van der Waals surface area contributed by atoms with E-state index >= 15 is 0 Å². The number of piperidine rings is 1. The van der Waals surface area contributed by atoms with Crippen LogP contribution in [0.15, 0.2) is 0 Å². The lowest BCUT2D eigenvalue weighted by atomic mass is 10.1. The van der Waals surface area contributed by atoms with Crippen LogP contribution in [-0.4, -0.2) is 39.0 Å². The maximum Gasteiger partial charge on any atom is 0.0667 e. The molecule has 1 N–H and O–H groups in total. The van der Waals surface area contributed by atoms with Gasteiger partial charge in [0.2, 0.25) is 0 Å². The van der Waals surface area contributed by atoms with Gasteiger partial charge in [0, 0.05) is 31.4 Å². The van der Waals surface area contributed by atoms with Crippen LogP contribution in [0.3, 0.4) is 0 Å². The Labute approximate surface area is 96.9 Å². The molecule has 0 saturated carbocycles. The minimum atomic E-state index is -0.147. The number of aromatic nitrogens is 2. The van der Waals surface area contributed by atoms with Crippen molar-refractivity contribution in [2.45, 2.75) is 39.3 Å². The monoisotopic (exact) mass is 223 g/mol. The summed E-state index contributed by atoms with van der Waals surface area (Å²) in [5.41, 5.74) is 3.66. The van der Waals surface area contributed by atoms with E-state index in [2.05, 4.69) is 23.8 Å². The zero-order valence-corrected chi connectivity index (χ0v) is 10.4. The summed E-state index contributed by atoms with van der Waals surface area (Å²) < 4.78 is 1.94. The zero-order valence-electron chi connectivity index (χ0n) is 10.4. The quantitative estimate of drug-likeness (QED) is 0.813. The van der Waals surface area contributed by atoms with E-state index in [0.29, 0.717) is 0 Å². The third-order valence-electron chi connectivity index (χ3n) is 3.52. The Balaban J connectivity index is 2.08. The van der Waals surface area contributed by atoms with E-state index in [4.69, 9.17) is 0 Å². The molecule has 4 nitrogen and oxygen atoms in total. The molecule has 0 unspecified atom stereocenters. The number of hydrogen-bond acceptors (Lipinski definition) is 3. The Kier molecular flexibility index (Phi) is 3.30. The van der Waals surface area contributed by atoms with Gasteiger partial charge in [-0.25, -0.2) is 0 Å². The minimum absolute atomic E-state index is 0.147. The maximum atomic E-state index is 9.64. The molecule has 1 aliphatic heterocycles. The molecule has 0 radical (unpaired) electrons. The molecule has 1 fully saturated rings. The van der Waals surface area contributed by atoms with Crippen LogP contribution in [0, 0.1) is 13.8 Å². The van der Waals surface area contributed by atoms with Gasteiger partial charge in [0.05, 0.1) is 11.8 Å². The zero-order chi connectivity index (χ0) is 11.7. The van der Waals surface area contributed by atoms with Crippen LogP contribution in [0.2, 0.25) is 0 Å². The fourth-order valence-electron chi connectivity index (χ4n) is 2.44. The molecule has 1 saturated heterocycles. The molecule has 2 heterocycles. The predicted molar refractivity (Wildman–Crippen MR) is 63.2 cm³/mol. The number of β-amino-alcohol motifs (C(OH)–C–C–N with tert-alkyl or cyclic N) is 1. The van der Waals surface area contributed by atoms with Crippen molar-refractivity contribution >= 4 is 0 Å². The molecular formula is C12H21N3O. The highest BCUT2D eigenvalue weighted by Gasteiger charge is 2.20. The second-order valence-electron chi connectivity index (χ2n) is 4.80. The smallest absolute Gasteiger partial charge is 0.0667 e. The van der Waals surface area contributed by atoms with Crippen LogP contribution in [0.4, 0.5) is 0 Å². The molecule has 1 aromatic heterocycles. The third-order valence-corrected chi connectivity index (χ3v) is 3.52. The number of aliphatic hydroxyl groups is 1. The number of aryl methyl sites for hydroxylation is 2. The van der Waals surface area contributed by atoms with Gasteiger partial charge >= 0.3 is 0 Å². The third kappa shape index (κ3) is 2.28. The van der Waals surface area contributed by atoms with E-state index < -0.39 is 0 Å². The molecule has 4 heteroatoms. The molecule has 16 heavy (non-hydrogen) atoms. The first-order chi connectivity index (χ1) is 7.58. The van der Waals surface area contributed by atoms with Crippen molar-refractivity contribution in [3.8, 4) is 0 Å². The van der Waals surface area contributed by atoms with Crippen molar-refractivity contribution in [1.29, 1.82) is 0 Å². The van der Waals surface area contributed by atoms with E-state index in [1.807, 2.05) is 11.7 Å². The van der Waals surface area contributed by atoms with Crippen LogP contribution in [0.5, 0.6) is 0 Å². The fourth-order valence-corrected chi connectivity index (χ4v) is 2.44.